The molecule has 1 aromatic heterocycles. The second-order valence-corrected chi connectivity index (χ2v) is 6.20. The van der Waals surface area contributed by atoms with E-state index >= 15 is 0 Å². The number of phenols is 1. The molecule has 0 spiro atoms. The number of aryl methyl sites for hydroxylation is 1. The number of benzene rings is 1. The lowest BCUT2D eigenvalue weighted by Crippen LogP contribution is -2.47. The Morgan fingerprint density at radius 1 is 1.48 bits per heavy atom. The normalized spacial score (nSPS) is 18.0. The van der Waals surface area contributed by atoms with Gasteiger partial charge in [-0.15, -0.1) is 0 Å². The largest absolute Gasteiger partial charge is 0.506 e. The Morgan fingerprint density at radius 2 is 2.30 bits per heavy atom. The summed E-state index contributed by atoms with van der Waals surface area (Å²) in [5.74, 6) is -0.200. The minimum Gasteiger partial charge on any atom is -0.506 e. The number of piperidine rings is 1. The van der Waals surface area contributed by atoms with Gasteiger partial charge >= 0.3 is 0 Å². The van der Waals surface area contributed by atoms with Crippen molar-refractivity contribution in [1.29, 1.82) is 0 Å². The molecule has 1 atom stereocenters. The zero-order valence-electron chi connectivity index (χ0n) is 12.9. The van der Waals surface area contributed by atoms with E-state index in [0.717, 1.165) is 31.6 Å². The molecule has 1 aliphatic rings. The van der Waals surface area contributed by atoms with Crippen LogP contribution in [0.3, 0.4) is 0 Å². The minimum atomic E-state index is -0.176. The van der Waals surface area contributed by atoms with Gasteiger partial charge in [-0.25, -0.2) is 0 Å². The molecule has 1 saturated heterocycles. The molecule has 122 valence electrons. The molecule has 6 nitrogen and oxygen atoms in total. The van der Waals surface area contributed by atoms with Gasteiger partial charge in [0.2, 0.25) is 0 Å². The van der Waals surface area contributed by atoms with Crippen molar-refractivity contribution in [3.8, 4) is 5.75 Å². The number of anilines is 1. The molecule has 3 rings (SSSR count). The average molecular weight is 335 g/mol. The van der Waals surface area contributed by atoms with Crippen molar-refractivity contribution >= 4 is 23.2 Å². The summed E-state index contributed by atoms with van der Waals surface area (Å²) >= 11 is 5.86. The summed E-state index contributed by atoms with van der Waals surface area (Å²) < 4.78 is 1.77. The van der Waals surface area contributed by atoms with Crippen molar-refractivity contribution in [2.24, 2.45) is 7.05 Å². The molecular weight excluding hydrogens is 316 g/mol. The second kappa shape index (κ2) is 6.50. The maximum Gasteiger partial charge on any atom is 0.251 e. The topological polar surface area (TPSA) is 70.4 Å². The molecule has 0 saturated carbocycles. The number of carbonyl (C=O) groups excluding carboxylic acids is 1. The molecule has 7 heteroatoms. The Labute approximate surface area is 139 Å². The molecule has 23 heavy (non-hydrogen) atoms. The van der Waals surface area contributed by atoms with Crippen LogP contribution in [0.5, 0.6) is 5.75 Å². The number of carbonyl (C=O) groups is 1. The van der Waals surface area contributed by atoms with Crippen LogP contribution in [0.4, 0.5) is 5.69 Å². The van der Waals surface area contributed by atoms with Crippen LogP contribution in [0.1, 0.15) is 23.2 Å². The van der Waals surface area contributed by atoms with Gasteiger partial charge in [0.25, 0.3) is 5.91 Å². The molecule has 2 heterocycles. The summed E-state index contributed by atoms with van der Waals surface area (Å²) in [5.41, 5.74) is 1.52. The van der Waals surface area contributed by atoms with Crippen molar-refractivity contribution in [1.82, 2.24) is 15.1 Å². The second-order valence-electron chi connectivity index (χ2n) is 5.80. The molecule has 0 unspecified atom stereocenters. The lowest BCUT2D eigenvalue weighted by Gasteiger charge is -2.33. The Morgan fingerprint density at radius 3 is 3.00 bits per heavy atom. The van der Waals surface area contributed by atoms with Gasteiger partial charge in [0.15, 0.2) is 0 Å². The molecule has 1 aliphatic heterocycles. The predicted octanol–water partition coefficient (Wildman–Crippen LogP) is 2.18. The predicted molar refractivity (Wildman–Crippen MR) is 89.0 cm³/mol. The summed E-state index contributed by atoms with van der Waals surface area (Å²) in [6.45, 7) is 1.71. The third kappa shape index (κ3) is 3.59. The highest BCUT2D eigenvalue weighted by molar-refractivity contribution is 6.32. The molecule has 1 aromatic carbocycles. The number of rotatable bonds is 3. The fourth-order valence-electron chi connectivity index (χ4n) is 2.82. The Bertz CT molecular complexity index is 716. The van der Waals surface area contributed by atoms with Crippen LogP contribution in [0.2, 0.25) is 5.02 Å². The summed E-state index contributed by atoms with van der Waals surface area (Å²) in [4.78, 5) is 14.6. The maximum absolute atomic E-state index is 12.3. The highest BCUT2D eigenvalue weighted by Gasteiger charge is 2.23. The summed E-state index contributed by atoms with van der Waals surface area (Å²) in [6.07, 6.45) is 5.76. The van der Waals surface area contributed by atoms with Crippen LogP contribution < -0.4 is 10.2 Å². The monoisotopic (exact) mass is 334 g/mol. The number of nitrogens with one attached hydrogen (secondary N) is 1. The number of aromatic nitrogens is 2. The van der Waals surface area contributed by atoms with E-state index in [1.165, 1.54) is 12.1 Å². The van der Waals surface area contributed by atoms with Crippen LogP contribution in [0.15, 0.2) is 30.6 Å². The molecule has 0 radical (unpaired) electrons. The fraction of sp³-hybridized carbons (Fsp3) is 0.375. The van der Waals surface area contributed by atoms with Crippen molar-refractivity contribution in [2.45, 2.75) is 18.9 Å². The zero-order valence-corrected chi connectivity index (χ0v) is 13.6. The van der Waals surface area contributed by atoms with Gasteiger partial charge in [-0.1, -0.05) is 11.6 Å². The molecule has 1 fully saturated rings. The molecule has 0 bridgehead atoms. The smallest absolute Gasteiger partial charge is 0.251 e. The number of hydrogen-bond donors (Lipinski definition) is 2. The zero-order chi connectivity index (χ0) is 16.4. The van der Waals surface area contributed by atoms with Crippen molar-refractivity contribution in [2.75, 3.05) is 18.0 Å². The highest BCUT2D eigenvalue weighted by Crippen LogP contribution is 2.24. The van der Waals surface area contributed by atoms with Gasteiger partial charge in [0.05, 0.1) is 16.9 Å². The number of amides is 1. The average Bonchev–Trinajstić information content (AvgIpc) is 2.97. The molecule has 0 aliphatic carbocycles. The molecular formula is C16H19ClN4O2. The third-order valence-corrected chi connectivity index (χ3v) is 4.33. The first-order chi connectivity index (χ1) is 11.0. The van der Waals surface area contributed by atoms with Crippen molar-refractivity contribution < 1.29 is 9.90 Å². The highest BCUT2D eigenvalue weighted by atomic mass is 35.5. The van der Waals surface area contributed by atoms with E-state index in [-0.39, 0.29) is 22.7 Å². The van der Waals surface area contributed by atoms with Crippen LogP contribution >= 0.6 is 11.6 Å². The van der Waals surface area contributed by atoms with Gasteiger partial charge < -0.3 is 15.3 Å². The summed E-state index contributed by atoms with van der Waals surface area (Å²) in [7, 11) is 1.89. The number of aromatic hydroxyl groups is 1. The van der Waals surface area contributed by atoms with Crippen LogP contribution in [0.25, 0.3) is 0 Å². The lowest BCUT2D eigenvalue weighted by molar-refractivity contribution is 0.0933. The maximum atomic E-state index is 12.3. The van der Waals surface area contributed by atoms with Gasteiger partial charge in [-0.2, -0.15) is 5.10 Å². The first-order valence-corrected chi connectivity index (χ1v) is 7.93. The summed E-state index contributed by atoms with van der Waals surface area (Å²) in [5, 5.41) is 16.8. The quantitative estimate of drug-likeness (QED) is 0.902. The van der Waals surface area contributed by atoms with Crippen LogP contribution in [-0.2, 0) is 7.05 Å². The number of hydrogen-bond acceptors (Lipinski definition) is 4. The summed E-state index contributed by atoms with van der Waals surface area (Å²) in [6, 6.07) is 4.55. The van der Waals surface area contributed by atoms with E-state index < -0.39 is 0 Å². The number of halogens is 1. The fourth-order valence-corrected chi connectivity index (χ4v) is 3.00. The SMILES string of the molecule is Cn1cc(N2CCC[C@H](NC(=O)c3ccc(O)c(Cl)c3)C2)cn1. The third-order valence-electron chi connectivity index (χ3n) is 4.02. The van der Waals surface area contributed by atoms with E-state index in [1.54, 1.807) is 10.7 Å². The van der Waals surface area contributed by atoms with E-state index in [2.05, 4.69) is 15.3 Å². The number of nitrogens with zero attached hydrogens (tertiary/aromatic N) is 3. The van der Waals surface area contributed by atoms with E-state index in [0.29, 0.717) is 5.56 Å². The van der Waals surface area contributed by atoms with Crippen molar-refractivity contribution in [3.05, 3.63) is 41.2 Å². The van der Waals surface area contributed by atoms with Gasteiger partial charge in [-0.05, 0) is 31.0 Å². The Balaban J connectivity index is 1.65. The van der Waals surface area contributed by atoms with Crippen molar-refractivity contribution in [3.63, 3.8) is 0 Å². The van der Waals surface area contributed by atoms with Gasteiger partial charge in [0.1, 0.15) is 5.75 Å². The van der Waals surface area contributed by atoms with E-state index in [9.17, 15) is 9.90 Å². The first kappa shape index (κ1) is 15.7. The first-order valence-electron chi connectivity index (χ1n) is 7.56. The van der Waals surface area contributed by atoms with Gasteiger partial charge in [-0.3, -0.25) is 9.48 Å². The number of phenolic OH excluding ortho intramolecular Hbond substituents is 1. The molecule has 2 N–H and O–H groups in total. The Kier molecular flexibility index (Phi) is 4.43. The van der Waals surface area contributed by atoms with Gasteiger partial charge in [0, 0.05) is 37.9 Å². The van der Waals surface area contributed by atoms with Crippen LogP contribution in [-0.4, -0.2) is 39.9 Å². The molecule has 2 aromatic rings. The lowest BCUT2D eigenvalue weighted by atomic mass is 10.0. The van der Waals surface area contributed by atoms with Crippen LogP contribution in [0, 0.1) is 0 Å². The van der Waals surface area contributed by atoms with E-state index in [4.69, 9.17) is 11.6 Å². The minimum absolute atomic E-state index is 0.0244. The Hall–Kier alpha value is -2.21. The standard InChI is InChI=1S/C16H19ClN4O2/c1-20-10-13(8-18-20)21-6-2-3-12(9-21)19-16(23)11-4-5-15(22)14(17)7-11/h4-5,7-8,10,12,22H,2-3,6,9H2,1H3,(H,19,23)/t12-/m0/s1. The molecule has 1 amide bonds. The van der Waals surface area contributed by atoms with E-state index in [1.807, 2.05) is 19.4 Å².